The van der Waals surface area contributed by atoms with Gasteiger partial charge in [-0.25, -0.2) is 4.68 Å². The van der Waals surface area contributed by atoms with Gasteiger partial charge in [-0.3, -0.25) is 9.78 Å². The zero-order valence-electron chi connectivity index (χ0n) is 20.8. The number of nitrogens with zero attached hydrogens (tertiary/aromatic N) is 3. The second-order valence-corrected chi connectivity index (χ2v) is 10.5. The minimum absolute atomic E-state index is 0.132. The topological polar surface area (TPSA) is 97.9 Å². The Morgan fingerprint density at radius 2 is 1.82 bits per heavy atom. The molecule has 0 saturated heterocycles. The lowest BCUT2D eigenvalue weighted by molar-refractivity contribution is -0.142. The van der Waals surface area contributed by atoms with Crippen LogP contribution in [0, 0.1) is 9.49 Å². The molecule has 1 unspecified atom stereocenters. The number of hydrogen-bond donors (Lipinski definition) is 3. The summed E-state index contributed by atoms with van der Waals surface area (Å²) in [7, 11) is 0. The van der Waals surface area contributed by atoms with E-state index < -0.39 is 17.8 Å². The first-order valence-corrected chi connectivity index (χ1v) is 13.5. The van der Waals surface area contributed by atoms with Gasteiger partial charge >= 0.3 is 6.18 Å². The van der Waals surface area contributed by atoms with E-state index in [1.807, 2.05) is 30.3 Å². The summed E-state index contributed by atoms with van der Waals surface area (Å²) < 4.78 is 42.1. The van der Waals surface area contributed by atoms with E-state index in [0.717, 1.165) is 22.4 Å². The van der Waals surface area contributed by atoms with Crippen LogP contribution in [-0.2, 0) is 12.7 Å². The van der Waals surface area contributed by atoms with Crippen molar-refractivity contribution in [1.29, 1.82) is 0 Å². The Labute approximate surface area is 237 Å². The molecule has 1 aliphatic rings. The molecule has 2 aromatic heterocycles. The van der Waals surface area contributed by atoms with Crippen LogP contribution < -0.4 is 16.4 Å². The van der Waals surface area contributed by atoms with Crippen LogP contribution in [0.2, 0.25) is 0 Å². The fourth-order valence-electron chi connectivity index (χ4n) is 4.35. The number of carbonyl (C=O) groups excluding carboxylic acids is 1. The molecule has 1 aliphatic carbocycles. The molecule has 0 aliphatic heterocycles. The second-order valence-electron chi connectivity index (χ2n) is 9.44. The summed E-state index contributed by atoms with van der Waals surface area (Å²) in [6.45, 7) is 1.06. The summed E-state index contributed by atoms with van der Waals surface area (Å²) in [5, 5.41) is 10.2. The van der Waals surface area contributed by atoms with Crippen molar-refractivity contribution in [2.24, 2.45) is 11.7 Å². The van der Waals surface area contributed by atoms with Gasteiger partial charge in [-0.2, -0.15) is 18.3 Å². The highest BCUT2D eigenvalue weighted by atomic mass is 127. The van der Waals surface area contributed by atoms with Crippen molar-refractivity contribution in [3.8, 4) is 5.69 Å². The Hall–Kier alpha value is -3.29. The monoisotopic (exact) mass is 646 g/mol. The zero-order valence-corrected chi connectivity index (χ0v) is 22.9. The lowest BCUT2D eigenvalue weighted by Crippen LogP contribution is -2.25. The average molecular weight is 646 g/mol. The highest BCUT2D eigenvalue weighted by molar-refractivity contribution is 14.1. The molecule has 202 valence electrons. The molecule has 0 bridgehead atoms. The van der Waals surface area contributed by atoms with Gasteiger partial charge in [-0.15, -0.1) is 0 Å². The third-order valence-corrected chi connectivity index (χ3v) is 7.55. The Balaban J connectivity index is 1.48. The van der Waals surface area contributed by atoms with Crippen molar-refractivity contribution in [2.45, 2.75) is 31.6 Å². The number of nitrogens with two attached hydrogens (primary N) is 1. The average Bonchev–Trinajstić information content (AvgIpc) is 3.68. The van der Waals surface area contributed by atoms with Crippen LogP contribution in [0.15, 0.2) is 73.1 Å². The highest BCUT2D eigenvalue weighted by Crippen LogP contribution is 2.35. The number of benzene rings is 2. The van der Waals surface area contributed by atoms with E-state index in [0.29, 0.717) is 22.9 Å². The van der Waals surface area contributed by atoms with Gasteiger partial charge in [0.05, 0.1) is 15.3 Å². The molecule has 4 aromatic rings. The summed E-state index contributed by atoms with van der Waals surface area (Å²) in [4.78, 5) is 17.6. The number of anilines is 1. The van der Waals surface area contributed by atoms with E-state index in [1.165, 1.54) is 35.4 Å². The number of carbonyl (C=O) groups is 1. The van der Waals surface area contributed by atoms with Crippen molar-refractivity contribution < 1.29 is 18.0 Å². The molecule has 0 spiro atoms. The van der Waals surface area contributed by atoms with E-state index in [2.05, 4.69) is 20.7 Å². The van der Waals surface area contributed by atoms with Crippen LogP contribution in [0.25, 0.3) is 5.69 Å². The largest absolute Gasteiger partial charge is 0.436 e. The Morgan fingerprint density at radius 1 is 1.08 bits per heavy atom. The first-order chi connectivity index (χ1) is 18.7. The number of alkyl halides is 3. The molecule has 1 saturated carbocycles. The number of rotatable bonds is 9. The van der Waals surface area contributed by atoms with Gasteiger partial charge in [-0.1, -0.05) is 24.3 Å². The zero-order chi connectivity index (χ0) is 27.6. The molecule has 4 N–H and O–H groups in total. The van der Waals surface area contributed by atoms with Gasteiger partial charge in [0.15, 0.2) is 5.69 Å². The summed E-state index contributed by atoms with van der Waals surface area (Å²) in [6.07, 6.45) is 1.13. The fourth-order valence-corrected chi connectivity index (χ4v) is 5.24. The van der Waals surface area contributed by atoms with Crippen molar-refractivity contribution in [1.82, 2.24) is 20.1 Å². The summed E-state index contributed by atoms with van der Waals surface area (Å²) >= 11 is 1.53. The standard InChI is InChI=1S/C28H26F3IN6O/c29-28(30,31)26-23(32)25(38(37-26)22-6-1-3-18(13-22)15-33)27(39)36-21-5-2-4-20(14-21)24(35-16-17-7-8-17)19-9-11-34-12-10-19/h1-6,9-14,17,24,35H,7-8,15-16,33H2,(H,36,39). The van der Waals surface area contributed by atoms with Crippen molar-refractivity contribution >= 4 is 34.2 Å². The van der Waals surface area contributed by atoms with Crippen LogP contribution in [-0.4, -0.2) is 27.2 Å². The number of halogens is 4. The van der Waals surface area contributed by atoms with E-state index in [-0.39, 0.29) is 21.9 Å². The molecule has 7 nitrogen and oxygen atoms in total. The van der Waals surface area contributed by atoms with Gasteiger partial charge in [0, 0.05) is 24.6 Å². The fraction of sp³-hybridized carbons (Fsp3) is 0.250. The van der Waals surface area contributed by atoms with Crippen LogP contribution in [0.5, 0.6) is 0 Å². The van der Waals surface area contributed by atoms with Crippen LogP contribution in [0.3, 0.4) is 0 Å². The Bertz CT molecular complexity index is 1470. The molecule has 2 heterocycles. The van der Waals surface area contributed by atoms with E-state index in [1.54, 1.807) is 42.7 Å². The van der Waals surface area contributed by atoms with Crippen LogP contribution >= 0.6 is 22.6 Å². The SMILES string of the molecule is NCc1cccc(-n2nc(C(F)(F)F)c(I)c2C(=O)Nc2cccc(C(NCC3CC3)c3ccncc3)c2)c1. The van der Waals surface area contributed by atoms with Crippen LogP contribution in [0.4, 0.5) is 18.9 Å². The third-order valence-electron chi connectivity index (χ3n) is 6.53. The van der Waals surface area contributed by atoms with E-state index >= 15 is 0 Å². The van der Waals surface area contributed by atoms with E-state index in [9.17, 15) is 18.0 Å². The maximum absolute atomic E-state index is 13.8. The predicted molar refractivity (Wildman–Crippen MR) is 150 cm³/mol. The van der Waals surface area contributed by atoms with Crippen molar-refractivity contribution in [3.05, 3.63) is 105 Å². The van der Waals surface area contributed by atoms with Gasteiger partial charge < -0.3 is 16.4 Å². The number of aromatic nitrogens is 3. The summed E-state index contributed by atoms with van der Waals surface area (Å²) in [6, 6.07) is 17.7. The smallest absolute Gasteiger partial charge is 0.326 e. The van der Waals surface area contributed by atoms with Gasteiger partial charge in [0.1, 0.15) is 5.69 Å². The Morgan fingerprint density at radius 3 is 2.51 bits per heavy atom. The van der Waals surface area contributed by atoms with E-state index in [4.69, 9.17) is 5.73 Å². The molecule has 0 radical (unpaired) electrons. The maximum Gasteiger partial charge on any atom is 0.436 e. The lowest BCUT2D eigenvalue weighted by atomic mass is 9.99. The molecule has 1 atom stereocenters. The lowest BCUT2D eigenvalue weighted by Gasteiger charge is -2.20. The molecule has 1 fully saturated rings. The number of hydrogen-bond acceptors (Lipinski definition) is 5. The molecule has 2 aromatic carbocycles. The van der Waals surface area contributed by atoms with Crippen molar-refractivity contribution in [3.63, 3.8) is 0 Å². The first-order valence-electron chi connectivity index (χ1n) is 12.4. The first kappa shape index (κ1) is 27.3. The third kappa shape index (κ3) is 6.31. The number of pyridine rings is 1. The normalized spacial score (nSPS) is 14.3. The predicted octanol–water partition coefficient (Wildman–Crippen LogP) is 5.69. The molecular formula is C28H26F3IN6O. The minimum Gasteiger partial charge on any atom is -0.326 e. The minimum atomic E-state index is -4.73. The maximum atomic E-state index is 13.8. The van der Waals surface area contributed by atoms with Crippen molar-refractivity contribution in [2.75, 3.05) is 11.9 Å². The quantitative estimate of drug-likeness (QED) is 0.203. The number of nitrogens with one attached hydrogen (secondary N) is 2. The Kier molecular flexibility index (Phi) is 8.01. The summed E-state index contributed by atoms with van der Waals surface area (Å²) in [5.41, 5.74) is 7.80. The molecule has 5 rings (SSSR count). The second kappa shape index (κ2) is 11.4. The van der Waals surface area contributed by atoms with Crippen LogP contribution in [0.1, 0.15) is 51.8 Å². The van der Waals surface area contributed by atoms with Gasteiger partial charge in [0.25, 0.3) is 5.91 Å². The van der Waals surface area contributed by atoms with Gasteiger partial charge in [0.2, 0.25) is 0 Å². The summed E-state index contributed by atoms with van der Waals surface area (Å²) in [5.74, 6) is -0.0516. The highest BCUT2D eigenvalue weighted by Gasteiger charge is 2.40. The molecule has 39 heavy (non-hydrogen) atoms. The molecular weight excluding hydrogens is 620 g/mol. The molecule has 11 heteroatoms. The molecule has 1 amide bonds. The van der Waals surface area contributed by atoms with Gasteiger partial charge in [-0.05, 0) is 101 Å². The number of amides is 1.